The Morgan fingerprint density at radius 3 is 2.86 bits per heavy atom. The summed E-state index contributed by atoms with van der Waals surface area (Å²) < 4.78 is 5.12. The van der Waals surface area contributed by atoms with Crippen LogP contribution < -0.4 is 4.74 Å². The van der Waals surface area contributed by atoms with Gasteiger partial charge >= 0.3 is 0 Å². The maximum atomic E-state index is 10.7. The number of fused-ring (bicyclic) bond motifs is 1. The average Bonchev–Trinajstić information content (AvgIpc) is 2.55. The highest BCUT2D eigenvalue weighted by Gasteiger charge is 2.06. The van der Waals surface area contributed by atoms with E-state index >= 15 is 0 Å². The molecule has 0 saturated carbocycles. The van der Waals surface area contributed by atoms with Crippen LogP contribution in [0.2, 0.25) is 0 Å². The summed E-state index contributed by atoms with van der Waals surface area (Å²) in [6.45, 7) is 1.92. The number of H-pyrrole nitrogens is 1. The van der Waals surface area contributed by atoms with E-state index in [2.05, 4.69) is 4.98 Å². The molecule has 0 radical (unpaired) electrons. The summed E-state index contributed by atoms with van der Waals surface area (Å²) in [5.74, 6) is 0.803. The van der Waals surface area contributed by atoms with Crippen molar-refractivity contribution in [1.29, 1.82) is 0 Å². The number of carbonyl (C=O) groups is 1. The molecule has 2 rings (SSSR count). The van der Waals surface area contributed by atoms with Crippen molar-refractivity contribution in [3.05, 3.63) is 29.5 Å². The van der Waals surface area contributed by atoms with E-state index in [-0.39, 0.29) is 0 Å². The first-order chi connectivity index (χ1) is 6.76. The minimum absolute atomic E-state index is 0.633. The van der Waals surface area contributed by atoms with Gasteiger partial charge in [0.15, 0.2) is 6.29 Å². The molecule has 3 nitrogen and oxygen atoms in total. The van der Waals surface area contributed by atoms with Crippen LogP contribution in [0.25, 0.3) is 10.9 Å². The lowest BCUT2D eigenvalue weighted by Crippen LogP contribution is -1.81. The first-order valence-electron chi connectivity index (χ1n) is 4.37. The van der Waals surface area contributed by atoms with E-state index in [0.29, 0.717) is 5.69 Å². The highest BCUT2D eigenvalue weighted by atomic mass is 16.5. The van der Waals surface area contributed by atoms with Gasteiger partial charge in [0, 0.05) is 10.9 Å². The third-order valence-corrected chi connectivity index (χ3v) is 2.42. The molecule has 0 aliphatic heterocycles. The molecule has 0 saturated heterocycles. The zero-order valence-corrected chi connectivity index (χ0v) is 8.13. The number of hydrogen-bond acceptors (Lipinski definition) is 2. The van der Waals surface area contributed by atoms with Crippen molar-refractivity contribution >= 4 is 17.2 Å². The molecule has 0 unspecified atom stereocenters. The fourth-order valence-corrected chi connectivity index (χ4v) is 1.57. The number of aldehydes is 1. The van der Waals surface area contributed by atoms with Gasteiger partial charge in [-0.2, -0.15) is 0 Å². The summed E-state index contributed by atoms with van der Waals surface area (Å²) in [6.07, 6.45) is 0.835. The number of rotatable bonds is 2. The Labute approximate surface area is 81.7 Å². The zero-order chi connectivity index (χ0) is 10.1. The smallest absolute Gasteiger partial charge is 0.166 e. The lowest BCUT2D eigenvalue weighted by molar-refractivity contribution is 0.111. The molecule has 1 heterocycles. The highest BCUT2D eigenvalue weighted by Crippen LogP contribution is 2.24. The van der Waals surface area contributed by atoms with Crippen LogP contribution in [0.15, 0.2) is 18.2 Å². The van der Waals surface area contributed by atoms with E-state index in [1.165, 1.54) is 0 Å². The maximum absolute atomic E-state index is 10.7. The van der Waals surface area contributed by atoms with Crippen LogP contribution in [0.3, 0.4) is 0 Å². The summed E-state index contributed by atoms with van der Waals surface area (Å²) in [7, 11) is 1.63. The molecule has 3 heteroatoms. The summed E-state index contributed by atoms with van der Waals surface area (Å²) in [5.41, 5.74) is 2.56. The van der Waals surface area contributed by atoms with E-state index in [4.69, 9.17) is 4.74 Å². The molecule has 14 heavy (non-hydrogen) atoms. The second-order valence-electron chi connectivity index (χ2n) is 3.19. The van der Waals surface area contributed by atoms with Crippen molar-refractivity contribution in [3.63, 3.8) is 0 Å². The molecule has 0 amide bonds. The number of ether oxygens (including phenoxy) is 1. The Balaban J connectivity index is 2.74. The molecule has 1 aromatic heterocycles. The molecular weight excluding hydrogens is 178 g/mol. The Morgan fingerprint density at radius 2 is 2.21 bits per heavy atom. The predicted octanol–water partition coefficient (Wildman–Crippen LogP) is 2.30. The topological polar surface area (TPSA) is 42.1 Å². The quantitative estimate of drug-likeness (QED) is 0.736. The fourth-order valence-electron chi connectivity index (χ4n) is 1.57. The molecule has 0 fully saturated rings. The van der Waals surface area contributed by atoms with E-state index in [9.17, 15) is 4.79 Å². The van der Waals surface area contributed by atoms with Crippen LogP contribution in [0.5, 0.6) is 5.75 Å². The summed E-state index contributed by atoms with van der Waals surface area (Å²) >= 11 is 0. The third kappa shape index (κ3) is 1.18. The second kappa shape index (κ2) is 3.18. The monoisotopic (exact) mass is 189 g/mol. The van der Waals surface area contributed by atoms with E-state index in [1.807, 2.05) is 25.1 Å². The van der Waals surface area contributed by atoms with Crippen molar-refractivity contribution in [2.45, 2.75) is 6.92 Å². The Kier molecular flexibility index (Phi) is 2.00. The van der Waals surface area contributed by atoms with Crippen LogP contribution in [-0.4, -0.2) is 18.4 Å². The fraction of sp³-hybridized carbons (Fsp3) is 0.182. The second-order valence-corrected chi connectivity index (χ2v) is 3.19. The van der Waals surface area contributed by atoms with Crippen molar-refractivity contribution in [2.75, 3.05) is 7.11 Å². The van der Waals surface area contributed by atoms with Gasteiger partial charge in [0.1, 0.15) is 5.75 Å². The molecule has 72 valence electrons. The van der Waals surface area contributed by atoms with Gasteiger partial charge in [0.2, 0.25) is 0 Å². The largest absolute Gasteiger partial charge is 0.497 e. The number of aromatic amines is 1. The Hall–Kier alpha value is -1.77. The molecule has 0 aliphatic rings. The van der Waals surface area contributed by atoms with Gasteiger partial charge in [0.05, 0.1) is 12.8 Å². The standard InChI is InChI=1S/C11H11NO2/c1-7-9-5-8(14-2)3-4-10(9)12-11(7)6-13/h3-6,12H,1-2H3. The Bertz CT molecular complexity index is 485. The molecule has 1 aromatic carbocycles. The number of hydrogen-bond donors (Lipinski definition) is 1. The van der Waals surface area contributed by atoms with Gasteiger partial charge in [-0.15, -0.1) is 0 Å². The van der Waals surface area contributed by atoms with Gasteiger partial charge in [0.25, 0.3) is 0 Å². The Morgan fingerprint density at radius 1 is 1.43 bits per heavy atom. The summed E-state index contributed by atoms with van der Waals surface area (Å²) in [4.78, 5) is 13.7. The van der Waals surface area contributed by atoms with Crippen molar-refractivity contribution < 1.29 is 9.53 Å². The third-order valence-electron chi connectivity index (χ3n) is 2.42. The van der Waals surface area contributed by atoms with Crippen molar-refractivity contribution in [3.8, 4) is 5.75 Å². The lowest BCUT2D eigenvalue weighted by atomic mass is 10.1. The lowest BCUT2D eigenvalue weighted by Gasteiger charge is -1.98. The van der Waals surface area contributed by atoms with Crippen LogP contribution in [0.1, 0.15) is 16.1 Å². The number of benzene rings is 1. The number of aryl methyl sites for hydroxylation is 1. The molecule has 0 atom stereocenters. The molecule has 0 spiro atoms. The van der Waals surface area contributed by atoms with Gasteiger partial charge in [-0.05, 0) is 30.7 Å². The van der Waals surface area contributed by atoms with Gasteiger partial charge in [-0.3, -0.25) is 4.79 Å². The molecular formula is C11H11NO2. The first-order valence-corrected chi connectivity index (χ1v) is 4.37. The van der Waals surface area contributed by atoms with Gasteiger partial charge in [-0.1, -0.05) is 0 Å². The summed E-state index contributed by atoms with van der Waals surface area (Å²) in [5, 5.41) is 1.03. The maximum Gasteiger partial charge on any atom is 0.166 e. The number of nitrogens with one attached hydrogen (secondary N) is 1. The van der Waals surface area contributed by atoms with Gasteiger partial charge in [-0.25, -0.2) is 0 Å². The average molecular weight is 189 g/mol. The zero-order valence-electron chi connectivity index (χ0n) is 8.13. The van der Waals surface area contributed by atoms with Crippen LogP contribution in [0.4, 0.5) is 0 Å². The van der Waals surface area contributed by atoms with Crippen molar-refractivity contribution in [2.24, 2.45) is 0 Å². The van der Waals surface area contributed by atoms with Gasteiger partial charge < -0.3 is 9.72 Å². The van der Waals surface area contributed by atoms with E-state index < -0.39 is 0 Å². The van der Waals surface area contributed by atoms with E-state index in [0.717, 1.165) is 28.5 Å². The minimum Gasteiger partial charge on any atom is -0.497 e. The summed E-state index contributed by atoms with van der Waals surface area (Å²) in [6, 6.07) is 5.70. The van der Waals surface area contributed by atoms with Crippen molar-refractivity contribution in [1.82, 2.24) is 4.98 Å². The molecule has 0 aliphatic carbocycles. The molecule has 0 bridgehead atoms. The van der Waals surface area contributed by atoms with Crippen LogP contribution in [0, 0.1) is 6.92 Å². The number of carbonyl (C=O) groups excluding carboxylic acids is 1. The van der Waals surface area contributed by atoms with E-state index in [1.54, 1.807) is 7.11 Å². The molecule has 1 N–H and O–H groups in total. The minimum atomic E-state index is 0.633. The predicted molar refractivity (Wildman–Crippen MR) is 55.0 cm³/mol. The van der Waals surface area contributed by atoms with Crippen LogP contribution >= 0.6 is 0 Å². The SMILES string of the molecule is COc1ccc2[nH]c(C=O)c(C)c2c1. The highest BCUT2D eigenvalue weighted by molar-refractivity contribution is 5.92. The first kappa shape index (κ1) is 8.81. The number of aromatic nitrogens is 1. The van der Waals surface area contributed by atoms with Crippen LogP contribution in [-0.2, 0) is 0 Å². The normalized spacial score (nSPS) is 10.4. The molecule has 2 aromatic rings. The number of methoxy groups -OCH3 is 1.